The largest absolute Gasteiger partial charge is 0.469 e. The Morgan fingerprint density at radius 1 is 1.53 bits per heavy atom. The first-order chi connectivity index (χ1) is 7.17. The second kappa shape index (κ2) is 5.91. The van der Waals surface area contributed by atoms with Crippen molar-refractivity contribution in [2.75, 3.05) is 7.11 Å². The standard InChI is InChI=1S/C12H15BrO2/c1-3-10(12(14)15-2)7-9-5-4-6-11(13)8-9/h4-6,8,10H,3,7H2,1-2H3. The van der Waals surface area contributed by atoms with Gasteiger partial charge in [0.05, 0.1) is 13.0 Å². The Hall–Kier alpha value is -0.830. The summed E-state index contributed by atoms with van der Waals surface area (Å²) in [4.78, 5) is 11.4. The molecule has 0 aliphatic carbocycles. The average Bonchev–Trinajstić information content (AvgIpc) is 2.25. The van der Waals surface area contributed by atoms with Crippen molar-refractivity contribution in [3.63, 3.8) is 0 Å². The second-order valence-corrected chi connectivity index (χ2v) is 4.38. The van der Waals surface area contributed by atoms with Crippen molar-refractivity contribution in [2.45, 2.75) is 19.8 Å². The zero-order valence-corrected chi connectivity index (χ0v) is 10.6. The molecule has 2 nitrogen and oxygen atoms in total. The minimum absolute atomic E-state index is 0.0377. The van der Waals surface area contributed by atoms with E-state index in [9.17, 15) is 4.79 Å². The van der Waals surface area contributed by atoms with E-state index in [4.69, 9.17) is 4.74 Å². The van der Waals surface area contributed by atoms with Crippen LogP contribution in [0, 0.1) is 5.92 Å². The van der Waals surface area contributed by atoms with E-state index in [1.54, 1.807) is 0 Å². The fourth-order valence-corrected chi connectivity index (χ4v) is 1.96. The van der Waals surface area contributed by atoms with Crippen LogP contribution in [0.1, 0.15) is 18.9 Å². The fourth-order valence-electron chi connectivity index (χ4n) is 1.51. The molecule has 0 saturated heterocycles. The normalized spacial score (nSPS) is 12.2. The summed E-state index contributed by atoms with van der Waals surface area (Å²) in [6.45, 7) is 2.00. The third-order valence-electron chi connectivity index (χ3n) is 2.40. The Morgan fingerprint density at radius 3 is 2.80 bits per heavy atom. The van der Waals surface area contributed by atoms with Gasteiger partial charge in [0.15, 0.2) is 0 Å². The zero-order chi connectivity index (χ0) is 11.3. The number of rotatable bonds is 4. The minimum Gasteiger partial charge on any atom is -0.469 e. The van der Waals surface area contributed by atoms with Crippen LogP contribution in [-0.2, 0) is 16.0 Å². The van der Waals surface area contributed by atoms with E-state index in [0.717, 1.165) is 22.9 Å². The summed E-state index contributed by atoms with van der Waals surface area (Å²) in [5.74, 6) is -0.165. The Kier molecular flexibility index (Phi) is 4.82. The highest BCUT2D eigenvalue weighted by Crippen LogP contribution is 2.17. The van der Waals surface area contributed by atoms with Crippen molar-refractivity contribution in [1.29, 1.82) is 0 Å². The lowest BCUT2D eigenvalue weighted by Gasteiger charge is -2.12. The van der Waals surface area contributed by atoms with E-state index in [1.165, 1.54) is 7.11 Å². The van der Waals surface area contributed by atoms with Crippen LogP contribution < -0.4 is 0 Å². The monoisotopic (exact) mass is 270 g/mol. The van der Waals surface area contributed by atoms with Crippen LogP contribution in [0.15, 0.2) is 28.7 Å². The summed E-state index contributed by atoms with van der Waals surface area (Å²) in [6, 6.07) is 8.01. The number of hydrogen-bond acceptors (Lipinski definition) is 2. The molecular formula is C12H15BrO2. The van der Waals surface area contributed by atoms with Gasteiger partial charge in [-0.3, -0.25) is 4.79 Å². The molecule has 82 valence electrons. The summed E-state index contributed by atoms with van der Waals surface area (Å²) >= 11 is 3.41. The first-order valence-electron chi connectivity index (χ1n) is 4.99. The van der Waals surface area contributed by atoms with Crippen LogP contribution in [0.4, 0.5) is 0 Å². The van der Waals surface area contributed by atoms with Crippen molar-refractivity contribution < 1.29 is 9.53 Å². The number of hydrogen-bond donors (Lipinski definition) is 0. The Balaban J connectivity index is 2.70. The molecule has 0 N–H and O–H groups in total. The Bertz CT molecular complexity index is 336. The maximum atomic E-state index is 11.4. The lowest BCUT2D eigenvalue weighted by molar-refractivity contribution is -0.145. The first kappa shape index (κ1) is 12.2. The number of ether oxygens (including phenoxy) is 1. The summed E-state index contributed by atoms with van der Waals surface area (Å²) < 4.78 is 5.80. The number of esters is 1. The molecule has 0 spiro atoms. The summed E-state index contributed by atoms with van der Waals surface area (Å²) in [6.07, 6.45) is 1.54. The molecule has 0 radical (unpaired) electrons. The molecule has 0 amide bonds. The van der Waals surface area contributed by atoms with Gasteiger partial charge >= 0.3 is 5.97 Å². The molecule has 0 bridgehead atoms. The van der Waals surface area contributed by atoms with E-state index >= 15 is 0 Å². The molecule has 1 rings (SSSR count). The minimum atomic E-state index is -0.127. The van der Waals surface area contributed by atoms with Gasteiger partial charge in [0.25, 0.3) is 0 Å². The molecule has 1 atom stereocenters. The van der Waals surface area contributed by atoms with Crippen molar-refractivity contribution in [2.24, 2.45) is 5.92 Å². The summed E-state index contributed by atoms with van der Waals surface area (Å²) in [5, 5.41) is 0. The third kappa shape index (κ3) is 3.67. The maximum Gasteiger partial charge on any atom is 0.308 e. The van der Waals surface area contributed by atoms with E-state index in [1.807, 2.05) is 31.2 Å². The fraction of sp³-hybridized carbons (Fsp3) is 0.417. The van der Waals surface area contributed by atoms with Gasteiger partial charge in [0, 0.05) is 4.47 Å². The highest BCUT2D eigenvalue weighted by molar-refractivity contribution is 9.10. The lowest BCUT2D eigenvalue weighted by Crippen LogP contribution is -2.17. The van der Waals surface area contributed by atoms with Gasteiger partial charge < -0.3 is 4.74 Å². The second-order valence-electron chi connectivity index (χ2n) is 3.46. The number of carbonyl (C=O) groups excluding carboxylic acids is 1. The van der Waals surface area contributed by atoms with Gasteiger partial charge in [-0.1, -0.05) is 35.0 Å². The van der Waals surface area contributed by atoms with Crippen LogP contribution in [0.5, 0.6) is 0 Å². The van der Waals surface area contributed by atoms with Crippen molar-refractivity contribution in [3.05, 3.63) is 34.3 Å². The predicted octanol–water partition coefficient (Wildman–Crippen LogP) is 3.19. The molecule has 0 aliphatic rings. The van der Waals surface area contributed by atoms with Crippen LogP contribution in [0.2, 0.25) is 0 Å². The smallest absolute Gasteiger partial charge is 0.308 e. The van der Waals surface area contributed by atoms with Crippen molar-refractivity contribution in [1.82, 2.24) is 0 Å². The van der Waals surface area contributed by atoms with Gasteiger partial charge in [-0.15, -0.1) is 0 Å². The molecule has 0 aromatic heterocycles. The number of carbonyl (C=O) groups is 1. The van der Waals surface area contributed by atoms with E-state index in [0.29, 0.717) is 0 Å². The van der Waals surface area contributed by atoms with Gasteiger partial charge in [-0.2, -0.15) is 0 Å². The molecule has 0 fully saturated rings. The zero-order valence-electron chi connectivity index (χ0n) is 9.00. The molecular weight excluding hydrogens is 256 g/mol. The van der Waals surface area contributed by atoms with Gasteiger partial charge in [-0.05, 0) is 30.5 Å². The number of methoxy groups -OCH3 is 1. The van der Waals surface area contributed by atoms with Gasteiger partial charge in [0.1, 0.15) is 0 Å². The molecule has 0 heterocycles. The van der Waals surface area contributed by atoms with E-state index in [2.05, 4.69) is 15.9 Å². The maximum absolute atomic E-state index is 11.4. The highest BCUT2D eigenvalue weighted by atomic mass is 79.9. The molecule has 0 aliphatic heterocycles. The average molecular weight is 271 g/mol. The Labute approximate surface area is 98.8 Å². The van der Waals surface area contributed by atoms with E-state index in [-0.39, 0.29) is 11.9 Å². The van der Waals surface area contributed by atoms with Crippen LogP contribution in [0.3, 0.4) is 0 Å². The predicted molar refractivity (Wildman–Crippen MR) is 63.6 cm³/mol. The molecule has 0 saturated carbocycles. The lowest BCUT2D eigenvalue weighted by atomic mass is 9.97. The topological polar surface area (TPSA) is 26.3 Å². The first-order valence-corrected chi connectivity index (χ1v) is 5.79. The summed E-state index contributed by atoms with van der Waals surface area (Å²) in [7, 11) is 1.44. The number of halogens is 1. The molecule has 15 heavy (non-hydrogen) atoms. The van der Waals surface area contributed by atoms with E-state index < -0.39 is 0 Å². The van der Waals surface area contributed by atoms with Crippen molar-refractivity contribution >= 4 is 21.9 Å². The van der Waals surface area contributed by atoms with Gasteiger partial charge in [-0.25, -0.2) is 0 Å². The third-order valence-corrected chi connectivity index (χ3v) is 2.89. The SMILES string of the molecule is CCC(Cc1cccc(Br)c1)C(=O)OC. The molecule has 1 aromatic carbocycles. The Morgan fingerprint density at radius 2 is 2.27 bits per heavy atom. The van der Waals surface area contributed by atoms with Crippen LogP contribution in [0.25, 0.3) is 0 Å². The molecule has 1 unspecified atom stereocenters. The van der Waals surface area contributed by atoms with Crippen molar-refractivity contribution in [3.8, 4) is 0 Å². The quantitative estimate of drug-likeness (QED) is 0.786. The van der Waals surface area contributed by atoms with Crippen LogP contribution in [-0.4, -0.2) is 13.1 Å². The van der Waals surface area contributed by atoms with Crippen LogP contribution >= 0.6 is 15.9 Å². The molecule has 1 aromatic rings. The molecule has 3 heteroatoms. The van der Waals surface area contributed by atoms with Gasteiger partial charge in [0.2, 0.25) is 0 Å². The highest BCUT2D eigenvalue weighted by Gasteiger charge is 2.17. The summed E-state index contributed by atoms with van der Waals surface area (Å²) in [5.41, 5.74) is 1.15. The number of benzene rings is 1.